The Morgan fingerprint density at radius 3 is 2.33 bits per heavy atom. The van der Waals surface area contributed by atoms with E-state index in [0.29, 0.717) is 12.3 Å². The second kappa shape index (κ2) is 8.36. The second-order valence-electron chi connectivity index (χ2n) is 5.19. The number of nitrogens with one attached hydrogen (secondary N) is 3. The number of amides is 3. The molecule has 0 aliphatic heterocycles. The topological polar surface area (TPSA) is 70.2 Å². The number of hydrogen-bond donors (Lipinski definition) is 3. The van der Waals surface area contributed by atoms with Crippen LogP contribution < -0.4 is 16.0 Å². The molecule has 116 valence electrons. The van der Waals surface area contributed by atoms with E-state index in [1.54, 1.807) is 12.1 Å². The molecule has 0 bridgehead atoms. The van der Waals surface area contributed by atoms with Crippen molar-refractivity contribution < 1.29 is 14.0 Å². The summed E-state index contributed by atoms with van der Waals surface area (Å²) in [7, 11) is 1.45. The average Bonchev–Trinajstić information content (AvgIpc) is 2.44. The number of rotatable bonds is 6. The molecule has 0 spiro atoms. The molecular formula is C15H22FN3O2. The van der Waals surface area contributed by atoms with Crippen LogP contribution in [0.15, 0.2) is 24.3 Å². The van der Waals surface area contributed by atoms with Crippen LogP contribution in [0.4, 0.5) is 9.18 Å². The van der Waals surface area contributed by atoms with E-state index in [1.165, 1.54) is 19.2 Å². The van der Waals surface area contributed by atoms with Gasteiger partial charge in [-0.3, -0.25) is 10.1 Å². The number of hydrogen-bond acceptors (Lipinski definition) is 3. The van der Waals surface area contributed by atoms with Gasteiger partial charge in [0.1, 0.15) is 5.82 Å². The molecule has 0 unspecified atom stereocenters. The highest BCUT2D eigenvalue weighted by molar-refractivity contribution is 5.95. The summed E-state index contributed by atoms with van der Waals surface area (Å²) in [6.45, 7) is 4.13. The van der Waals surface area contributed by atoms with Crippen molar-refractivity contribution in [1.82, 2.24) is 16.0 Å². The van der Waals surface area contributed by atoms with Gasteiger partial charge in [0.25, 0.3) is 0 Å². The van der Waals surface area contributed by atoms with E-state index in [4.69, 9.17) is 0 Å². The van der Waals surface area contributed by atoms with Gasteiger partial charge in [0, 0.05) is 13.1 Å². The van der Waals surface area contributed by atoms with Crippen LogP contribution in [0.2, 0.25) is 0 Å². The maximum atomic E-state index is 12.9. The molecule has 1 atom stereocenters. The van der Waals surface area contributed by atoms with E-state index in [9.17, 15) is 14.0 Å². The number of carbonyl (C=O) groups excluding carboxylic acids is 2. The summed E-state index contributed by atoms with van der Waals surface area (Å²) in [4.78, 5) is 22.6. The fraction of sp³-hybridized carbons (Fsp3) is 0.467. The van der Waals surface area contributed by atoms with Crippen LogP contribution in [0, 0.1) is 11.7 Å². The maximum Gasteiger partial charge on any atom is 0.321 e. The molecule has 3 amide bonds. The summed E-state index contributed by atoms with van der Waals surface area (Å²) in [5, 5.41) is 7.64. The lowest BCUT2D eigenvalue weighted by atomic mass is 9.96. The lowest BCUT2D eigenvalue weighted by Gasteiger charge is -2.22. The van der Waals surface area contributed by atoms with Crippen molar-refractivity contribution in [2.24, 2.45) is 5.92 Å². The number of halogens is 1. The van der Waals surface area contributed by atoms with Crippen LogP contribution in [0.3, 0.4) is 0 Å². The van der Waals surface area contributed by atoms with Crippen LogP contribution in [0.25, 0.3) is 0 Å². The van der Waals surface area contributed by atoms with Crippen molar-refractivity contribution in [2.75, 3.05) is 13.6 Å². The standard InChI is InChI=1S/C15H22FN3O2/c1-10(2)13(8-11-4-6-12(16)7-5-11)18-9-14(20)19-15(21)17-3/h4-7,10,13,18H,8-9H2,1-3H3,(H2,17,19,20,21)/t13-/m0/s1. The molecule has 0 fully saturated rings. The highest BCUT2D eigenvalue weighted by atomic mass is 19.1. The zero-order valence-electron chi connectivity index (χ0n) is 12.6. The summed E-state index contributed by atoms with van der Waals surface area (Å²) < 4.78 is 12.9. The Labute approximate surface area is 124 Å². The summed E-state index contributed by atoms with van der Waals surface area (Å²) in [6.07, 6.45) is 0.686. The van der Waals surface area contributed by atoms with Crippen LogP contribution >= 0.6 is 0 Å². The third-order valence-corrected chi connectivity index (χ3v) is 3.18. The number of benzene rings is 1. The Balaban J connectivity index is 2.52. The van der Waals surface area contributed by atoms with Gasteiger partial charge in [0.2, 0.25) is 5.91 Å². The SMILES string of the molecule is CNC(=O)NC(=O)CN[C@@H](Cc1ccc(F)cc1)C(C)C. The molecule has 3 N–H and O–H groups in total. The molecule has 5 nitrogen and oxygen atoms in total. The lowest BCUT2D eigenvalue weighted by molar-refractivity contribution is -0.119. The molecular weight excluding hydrogens is 273 g/mol. The number of imide groups is 1. The average molecular weight is 295 g/mol. The fourth-order valence-electron chi connectivity index (χ4n) is 1.88. The number of carbonyl (C=O) groups is 2. The van der Waals surface area contributed by atoms with Crippen LogP contribution in [-0.4, -0.2) is 31.6 Å². The van der Waals surface area contributed by atoms with E-state index in [2.05, 4.69) is 16.0 Å². The Morgan fingerprint density at radius 2 is 1.81 bits per heavy atom. The molecule has 1 rings (SSSR count). The minimum Gasteiger partial charge on any atom is -0.341 e. The van der Waals surface area contributed by atoms with Crippen molar-refractivity contribution >= 4 is 11.9 Å². The Kier molecular flexibility index (Phi) is 6.81. The molecule has 0 aliphatic rings. The Morgan fingerprint density at radius 1 is 1.19 bits per heavy atom. The summed E-state index contributed by atoms with van der Waals surface area (Å²) >= 11 is 0. The molecule has 0 saturated heterocycles. The predicted molar refractivity (Wildman–Crippen MR) is 79.3 cm³/mol. The molecule has 0 radical (unpaired) electrons. The van der Waals surface area contributed by atoms with Gasteiger partial charge < -0.3 is 10.6 Å². The zero-order chi connectivity index (χ0) is 15.8. The minimum absolute atomic E-state index is 0.0530. The molecule has 1 aromatic carbocycles. The smallest absolute Gasteiger partial charge is 0.321 e. The normalized spacial score (nSPS) is 12.0. The third-order valence-electron chi connectivity index (χ3n) is 3.18. The largest absolute Gasteiger partial charge is 0.341 e. The van der Waals surface area contributed by atoms with Crippen LogP contribution in [-0.2, 0) is 11.2 Å². The summed E-state index contributed by atoms with van der Waals surface area (Å²) in [5.74, 6) is -0.361. The molecule has 0 aliphatic carbocycles. The van der Waals surface area contributed by atoms with E-state index in [1.807, 2.05) is 13.8 Å². The van der Waals surface area contributed by atoms with Gasteiger partial charge in [-0.1, -0.05) is 26.0 Å². The van der Waals surface area contributed by atoms with E-state index in [0.717, 1.165) is 5.56 Å². The fourth-order valence-corrected chi connectivity index (χ4v) is 1.88. The maximum absolute atomic E-state index is 12.9. The zero-order valence-corrected chi connectivity index (χ0v) is 12.6. The van der Waals surface area contributed by atoms with Gasteiger partial charge in [-0.15, -0.1) is 0 Å². The van der Waals surface area contributed by atoms with Crippen molar-refractivity contribution in [3.05, 3.63) is 35.6 Å². The monoisotopic (exact) mass is 295 g/mol. The minimum atomic E-state index is -0.526. The van der Waals surface area contributed by atoms with Gasteiger partial charge in [-0.05, 0) is 30.0 Å². The predicted octanol–water partition coefficient (Wildman–Crippen LogP) is 1.44. The molecule has 6 heteroatoms. The first kappa shape index (κ1) is 17.1. The Bertz CT molecular complexity index is 474. The third kappa shape index (κ3) is 6.35. The lowest BCUT2D eigenvalue weighted by Crippen LogP contribution is -2.46. The van der Waals surface area contributed by atoms with Crippen molar-refractivity contribution in [3.8, 4) is 0 Å². The second-order valence-corrected chi connectivity index (χ2v) is 5.19. The van der Waals surface area contributed by atoms with Crippen molar-refractivity contribution in [1.29, 1.82) is 0 Å². The van der Waals surface area contributed by atoms with Gasteiger partial charge >= 0.3 is 6.03 Å². The highest BCUT2D eigenvalue weighted by Crippen LogP contribution is 2.11. The van der Waals surface area contributed by atoms with Crippen LogP contribution in [0.5, 0.6) is 0 Å². The Hall–Kier alpha value is -1.95. The molecule has 1 aromatic rings. The quantitative estimate of drug-likeness (QED) is 0.744. The van der Waals surface area contributed by atoms with Crippen LogP contribution in [0.1, 0.15) is 19.4 Å². The van der Waals surface area contributed by atoms with Gasteiger partial charge in [-0.25, -0.2) is 9.18 Å². The number of urea groups is 1. The molecule has 0 aromatic heterocycles. The van der Waals surface area contributed by atoms with Crippen molar-refractivity contribution in [3.63, 3.8) is 0 Å². The first-order valence-electron chi connectivity index (χ1n) is 6.91. The highest BCUT2D eigenvalue weighted by Gasteiger charge is 2.15. The van der Waals surface area contributed by atoms with E-state index < -0.39 is 6.03 Å². The molecule has 0 heterocycles. The molecule has 21 heavy (non-hydrogen) atoms. The van der Waals surface area contributed by atoms with Gasteiger partial charge in [0.05, 0.1) is 6.54 Å². The first-order valence-corrected chi connectivity index (χ1v) is 6.91. The van der Waals surface area contributed by atoms with E-state index >= 15 is 0 Å². The summed E-state index contributed by atoms with van der Waals surface area (Å²) in [6, 6.07) is 5.84. The van der Waals surface area contributed by atoms with Gasteiger partial charge in [0.15, 0.2) is 0 Å². The first-order chi connectivity index (χ1) is 9.92. The van der Waals surface area contributed by atoms with E-state index in [-0.39, 0.29) is 24.3 Å². The van der Waals surface area contributed by atoms with Gasteiger partial charge in [-0.2, -0.15) is 0 Å². The molecule has 0 saturated carbocycles. The summed E-state index contributed by atoms with van der Waals surface area (Å²) in [5.41, 5.74) is 0.995. The van der Waals surface area contributed by atoms with Crippen molar-refractivity contribution in [2.45, 2.75) is 26.3 Å².